The lowest BCUT2D eigenvalue weighted by molar-refractivity contribution is -0.129. The van der Waals surface area contributed by atoms with Crippen molar-refractivity contribution in [1.29, 1.82) is 0 Å². The molecule has 0 aliphatic heterocycles. The molecule has 0 bridgehead atoms. The van der Waals surface area contributed by atoms with Crippen LogP contribution in [-0.2, 0) is 17.8 Å². The Balaban J connectivity index is 1.62. The van der Waals surface area contributed by atoms with Gasteiger partial charge in [0, 0.05) is 13.6 Å². The molecular weight excluding hydrogens is 294 g/mol. The van der Waals surface area contributed by atoms with E-state index in [0.717, 1.165) is 11.1 Å². The van der Waals surface area contributed by atoms with Gasteiger partial charge in [0.25, 0.3) is 0 Å². The molecule has 0 radical (unpaired) electrons. The molecule has 0 aliphatic rings. The van der Waals surface area contributed by atoms with E-state index < -0.39 is 0 Å². The minimum atomic E-state index is 0.133. The van der Waals surface area contributed by atoms with Crippen molar-refractivity contribution in [3.05, 3.63) is 96.1 Å². The van der Waals surface area contributed by atoms with E-state index in [4.69, 9.17) is 0 Å². The van der Waals surface area contributed by atoms with Gasteiger partial charge in [-0.15, -0.1) is 0 Å². The highest BCUT2D eigenvalue weighted by atomic mass is 16.2. The van der Waals surface area contributed by atoms with Crippen LogP contribution in [0.1, 0.15) is 11.1 Å². The van der Waals surface area contributed by atoms with Crippen LogP contribution < -0.4 is 0 Å². The van der Waals surface area contributed by atoms with Gasteiger partial charge in [-0.1, -0.05) is 84.9 Å². The lowest BCUT2D eigenvalue weighted by Gasteiger charge is -2.17. The molecule has 0 unspecified atom stereocenters. The van der Waals surface area contributed by atoms with Crippen molar-refractivity contribution < 1.29 is 4.79 Å². The summed E-state index contributed by atoms with van der Waals surface area (Å²) in [5.74, 6) is 0.133. The van der Waals surface area contributed by atoms with E-state index in [1.54, 1.807) is 4.90 Å². The fourth-order valence-corrected chi connectivity index (χ4v) is 2.70. The minimum Gasteiger partial charge on any atom is -0.341 e. The first kappa shape index (κ1) is 16.0. The summed E-state index contributed by atoms with van der Waals surface area (Å²) >= 11 is 0. The van der Waals surface area contributed by atoms with Gasteiger partial charge in [0.05, 0.1) is 6.42 Å². The molecule has 0 aromatic heterocycles. The number of carbonyl (C=O) groups is 1. The fourth-order valence-electron chi connectivity index (χ4n) is 2.70. The average molecular weight is 315 g/mol. The third-order valence-electron chi connectivity index (χ3n) is 4.10. The molecule has 24 heavy (non-hydrogen) atoms. The topological polar surface area (TPSA) is 20.3 Å². The van der Waals surface area contributed by atoms with Gasteiger partial charge in [0.1, 0.15) is 0 Å². The second-order valence-electron chi connectivity index (χ2n) is 5.98. The smallest absolute Gasteiger partial charge is 0.227 e. The normalized spacial score (nSPS) is 10.4. The van der Waals surface area contributed by atoms with Gasteiger partial charge in [-0.25, -0.2) is 0 Å². The molecule has 0 N–H and O–H groups in total. The monoisotopic (exact) mass is 315 g/mol. The maximum Gasteiger partial charge on any atom is 0.227 e. The van der Waals surface area contributed by atoms with Crippen molar-refractivity contribution in [1.82, 2.24) is 4.90 Å². The summed E-state index contributed by atoms with van der Waals surface area (Å²) in [5.41, 5.74) is 4.59. The Labute approximate surface area is 143 Å². The summed E-state index contributed by atoms with van der Waals surface area (Å²) in [7, 11) is 1.86. The van der Waals surface area contributed by atoms with Gasteiger partial charge in [0.15, 0.2) is 0 Å². The Bertz CT molecular complexity index is 779. The number of rotatable bonds is 5. The van der Waals surface area contributed by atoms with Gasteiger partial charge >= 0.3 is 0 Å². The molecule has 0 fully saturated rings. The summed E-state index contributed by atoms with van der Waals surface area (Å²) in [5, 5.41) is 0. The fraction of sp³-hybridized carbons (Fsp3) is 0.136. The highest BCUT2D eigenvalue weighted by Crippen LogP contribution is 2.19. The first-order chi connectivity index (χ1) is 11.7. The molecule has 120 valence electrons. The summed E-state index contributed by atoms with van der Waals surface area (Å²) < 4.78 is 0. The quantitative estimate of drug-likeness (QED) is 0.676. The largest absolute Gasteiger partial charge is 0.341 e. The Hall–Kier alpha value is -2.87. The van der Waals surface area contributed by atoms with Crippen LogP contribution in [0.5, 0.6) is 0 Å². The maximum absolute atomic E-state index is 12.3. The summed E-state index contributed by atoms with van der Waals surface area (Å²) in [6, 6.07) is 28.6. The Kier molecular flexibility index (Phi) is 5.07. The van der Waals surface area contributed by atoms with E-state index in [1.807, 2.05) is 55.6 Å². The molecule has 3 rings (SSSR count). The number of benzene rings is 3. The zero-order valence-electron chi connectivity index (χ0n) is 13.9. The van der Waals surface area contributed by atoms with E-state index in [0.29, 0.717) is 13.0 Å². The van der Waals surface area contributed by atoms with Crippen LogP contribution in [0.15, 0.2) is 84.9 Å². The molecule has 3 aromatic rings. The van der Waals surface area contributed by atoms with Crippen molar-refractivity contribution >= 4 is 5.91 Å². The molecule has 3 aromatic carbocycles. The zero-order valence-corrected chi connectivity index (χ0v) is 13.9. The predicted molar refractivity (Wildman–Crippen MR) is 98.5 cm³/mol. The third-order valence-corrected chi connectivity index (χ3v) is 4.10. The first-order valence-electron chi connectivity index (χ1n) is 8.14. The second-order valence-corrected chi connectivity index (χ2v) is 5.98. The molecular formula is C22H21NO. The molecule has 0 spiro atoms. The predicted octanol–water partition coefficient (Wildman–Crippen LogP) is 4.55. The van der Waals surface area contributed by atoms with E-state index >= 15 is 0 Å². The van der Waals surface area contributed by atoms with Crippen LogP contribution in [-0.4, -0.2) is 17.9 Å². The maximum atomic E-state index is 12.3. The molecule has 0 saturated heterocycles. The Morgan fingerprint density at radius 1 is 0.708 bits per heavy atom. The van der Waals surface area contributed by atoms with Gasteiger partial charge < -0.3 is 4.90 Å². The molecule has 2 nitrogen and oxygen atoms in total. The molecule has 1 amide bonds. The van der Waals surface area contributed by atoms with Crippen molar-refractivity contribution in [3.8, 4) is 11.1 Å². The zero-order chi connectivity index (χ0) is 16.8. The number of nitrogens with zero attached hydrogens (tertiary/aromatic N) is 1. The summed E-state index contributed by atoms with van der Waals surface area (Å²) in [4.78, 5) is 14.1. The average Bonchev–Trinajstić information content (AvgIpc) is 2.64. The van der Waals surface area contributed by atoms with Crippen molar-refractivity contribution in [3.63, 3.8) is 0 Å². The van der Waals surface area contributed by atoms with Crippen LogP contribution in [0.25, 0.3) is 11.1 Å². The van der Waals surface area contributed by atoms with Crippen molar-refractivity contribution in [2.45, 2.75) is 13.0 Å². The van der Waals surface area contributed by atoms with Crippen LogP contribution >= 0.6 is 0 Å². The molecule has 0 saturated carbocycles. The standard InChI is InChI=1S/C22H21NO/c1-23(22(24)16-18-8-4-2-5-9-18)17-19-12-14-21(15-13-19)20-10-6-3-7-11-20/h2-15H,16-17H2,1H3. The summed E-state index contributed by atoms with van der Waals surface area (Å²) in [6.07, 6.45) is 0.444. The van der Waals surface area contributed by atoms with Crippen molar-refractivity contribution in [2.24, 2.45) is 0 Å². The van der Waals surface area contributed by atoms with E-state index in [1.165, 1.54) is 11.1 Å². The highest BCUT2D eigenvalue weighted by Gasteiger charge is 2.10. The molecule has 0 atom stereocenters. The van der Waals surface area contributed by atoms with Crippen LogP contribution in [0, 0.1) is 0 Å². The minimum absolute atomic E-state index is 0.133. The van der Waals surface area contributed by atoms with Gasteiger partial charge in [0.2, 0.25) is 5.91 Å². The Morgan fingerprint density at radius 2 is 1.25 bits per heavy atom. The second kappa shape index (κ2) is 7.60. The Morgan fingerprint density at radius 3 is 1.88 bits per heavy atom. The van der Waals surface area contributed by atoms with E-state index in [2.05, 4.69) is 36.4 Å². The lowest BCUT2D eigenvalue weighted by atomic mass is 10.0. The molecule has 0 aliphatic carbocycles. The van der Waals surface area contributed by atoms with Crippen LogP contribution in [0.2, 0.25) is 0 Å². The third kappa shape index (κ3) is 4.11. The number of likely N-dealkylation sites (N-methyl/N-ethyl adjacent to an activating group) is 1. The highest BCUT2D eigenvalue weighted by molar-refractivity contribution is 5.78. The number of amides is 1. The number of hydrogen-bond donors (Lipinski definition) is 0. The molecule has 0 heterocycles. The lowest BCUT2D eigenvalue weighted by Crippen LogP contribution is -2.27. The van der Waals surface area contributed by atoms with Crippen LogP contribution in [0.4, 0.5) is 0 Å². The van der Waals surface area contributed by atoms with Crippen molar-refractivity contribution in [2.75, 3.05) is 7.05 Å². The summed E-state index contributed by atoms with van der Waals surface area (Å²) in [6.45, 7) is 0.626. The van der Waals surface area contributed by atoms with E-state index in [-0.39, 0.29) is 5.91 Å². The van der Waals surface area contributed by atoms with Gasteiger partial charge in [-0.2, -0.15) is 0 Å². The number of hydrogen-bond acceptors (Lipinski definition) is 1. The van der Waals surface area contributed by atoms with Gasteiger partial charge in [-0.05, 0) is 22.3 Å². The molecule has 2 heteroatoms. The SMILES string of the molecule is CN(Cc1ccc(-c2ccccc2)cc1)C(=O)Cc1ccccc1. The van der Waals surface area contributed by atoms with Crippen LogP contribution in [0.3, 0.4) is 0 Å². The van der Waals surface area contributed by atoms with E-state index in [9.17, 15) is 4.79 Å². The number of carbonyl (C=O) groups excluding carboxylic acids is 1. The first-order valence-corrected chi connectivity index (χ1v) is 8.14. The van der Waals surface area contributed by atoms with Gasteiger partial charge in [-0.3, -0.25) is 4.79 Å².